The lowest BCUT2D eigenvalue weighted by Crippen LogP contribution is -2.59. The molecule has 3 heterocycles. The molecule has 0 spiro atoms. The average Bonchev–Trinajstić information content (AvgIpc) is 3.03. The minimum Gasteiger partial charge on any atom is -0.324 e. The number of carbonyl (C=O) groups is 1. The van der Waals surface area contributed by atoms with Gasteiger partial charge in [-0.05, 0) is 73.6 Å². The number of aromatic nitrogens is 1. The van der Waals surface area contributed by atoms with Crippen molar-refractivity contribution >= 4 is 31.8 Å². The Kier molecular flexibility index (Phi) is 11.8. The van der Waals surface area contributed by atoms with Gasteiger partial charge < -0.3 is 10.6 Å². The van der Waals surface area contributed by atoms with E-state index in [0.717, 1.165) is 12.5 Å². The van der Waals surface area contributed by atoms with E-state index in [1.165, 1.54) is 51.2 Å². The van der Waals surface area contributed by atoms with Crippen LogP contribution < -0.4 is 15.4 Å². The number of carbonyl (C=O) groups excluding carboxylic acids is 1. The van der Waals surface area contributed by atoms with Gasteiger partial charge in [0.15, 0.2) is 0 Å². The first-order valence-electron chi connectivity index (χ1n) is 16.1. The number of piperidine rings is 1. The molecule has 0 unspecified atom stereocenters. The zero-order chi connectivity index (χ0) is 35.3. The Bertz CT molecular complexity index is 1840. The van der Waals surface area contributed by atoms with Crippen LogP contribution in [-0.4, -0.2) is 87.4 Å². The molecule has 3 N–H and O–H groups in total. The first-order valence-corrected chi connectivity index (χ1v) is 19.4. The number of piperazine rings is 1. The second-order valence-corrected chi connectivity index (χ2v) is 16.3. The summed E-state index contributed by atoms with van der Waals surface area (Å²) in [5.74, 6) is -2.71. The highest BCUT2D eigenvalue weighted by Crippen LogP contribution is 2.31. The summed E-state index contributed by atoms with van der Waals surface area (Å²) < 4.78 is 99.4. The predicted octanol–water partition coefficient (Wildman–Crippen LogP) is 3.43. The van der Waals surface area contributed by atoms with Gasteiger partial charge in [-0.25, -0.2) is 26.3 Å². The fourth-order valence-electron chi connectivity index (χ4n) is 6.56. The molecular weight excluding hydrogens is 682 g/mol. The minimum atomic E-state index is -3.90. The van der Waals surface area contributed by atoms with Gasteiger partial charge in [0.05, 0.1) is 24.3 Å². The molecule has 2 atom stereocenters. The Hall–Kier alpha value is -3.41. The van der Waals surface area contributed by atoms with Gasteiger partial charge >= 0.3 is 0 Å². The molecule has 16 heteroatoms. The largest absolute Gasteiger partial charge is 0.324 e. The number of aryl methyl sites for hydroxylation is 1. The smallest absolute Gasteiger partial charge is 0.282 e. The van der Waals surface area contributed by atoms with E-state index in [0.29, 0.717) is 42.6 Å². The van der Waals surface area contributed by atoms with Crippen LogP contribution in [0.3, 0.4) is 0 Å². The molecule has 2 saturated heterocycles. The molecule has 266 valence electrons. The number of rotatable bonds is 12. The monoisotopic (exact) mass is 722 g/mol. The van der Waals surface area contributed by atoms with Crippen LogP contribution in [0, 0.1) is 24.4 Å². The fraction of sp³-hybridized carbons (Fsp3) is 0.455. The number of sulfonamides is 1. The van der Waals surface area contributed by atoms with Gasteiger partial charge in [-0.15, -0.1) is 0 Å². The Morgan fingerprint density at radius 3 is 2.37 bits per heavy atom. The van der Waals surface area contributed by atoms with Gasteiger partial charge in [0.25, 0.3) is 10.2 Å². The summed E-state index contributed by atoms with van der Waals surface area (Å²) >= 11 is 0. The Morgan fingerprint density at radius 2 is 1.69 bits per heavy atom. The molecule has 2 aromatic carbocycles. The maximum absolute atomic E-state index is 15.3. The van der Waals surface area contributed by atoms with E-state index < -0.39 is 55.6 Å². The molecule has 2 aliphatic rings. The van der Waals surface area contributed by atoms with Crippen molar-refractivity contribution in [2.45, 2.75) is 57.0 Å². The third-order valence-corrected chi connectivity index (χ3v) is 11.7. The number of amides is 1. The van der Waals surface area contributed by atoms with Crippen LogP contribution in [0.25, 0.3) is 0 Å². The van der Waals surface area contributed by atoms with Crippen molar-refractivity contribution in [1.82, 2.24) is 23.6 Å². The van der Waals surface area contributed by atoms with Gasteiger partial charge in [0, 0.05) is 62.7 Å². The van der Waals surface area contributed by atoms with E-state index in [4.69, 9.17) is 0 Å². The van der Waals surface area contributed by atoms with Crippen molar-refractivity contribution in [3.63, 3.8) is 0 Å². The SMILES string of the molecule is Cc1cc(F)cc([C@@H](CC(=O)Nc2cncc(F)c2CC[C@H]2CNCCN2S(=O)(=O)N2CCC(NS(C)(=O)=O)CC2)c2ccc(F)cc2)c1. The maximum atomic E-state index is 15.3. The van der Waals surface area contributed by atoms with Crippen molar-refractivity contribution in [3.05, 3.63) is 94.6 Å². The Balaban J connectivity index is 1.29. The van der Waals surface area contributed by atoms with E-state index in [-0.39, 0.29) is 56.2 Å². The quantitative estimate of drug-likeness (QED) is 0.260. The third kappa shape index (κ3) is 9.64. The zero-order valence-electron chi connectivity index (χ0n) is 27.3. The Labute approximate surface area is 285 Å². The molecule has 0 bridgehead atoms. The normalized spacial score (nSPS) is 19.1. The molecule has 1 aromatic heterocycles. The standard InChI is InChI=1S/C33H41F3N6O5S2/c1-22-15-24(17-26(35)16-22)30(23-3-5-25(34)6-4-23)18-33(43)39-32-21-38-20-31(36)29(32)8-7-28-19-37-11-14-42(28)49(46,47)41-12-9-27(10-13-41)40-48(2,44)45/h3-6,15-17,20-21,27-28,30,37,40H,7-14,18-19H2,1-2H3,(H,39,43)/t28-,30-/m0/s1. The molecule has 1 amide bonds. The van der Waals surface area contributed by atoms with Crippen molar-refractivity contribution in [1.29, 1.82) is 0 Å². The minimum absolute atomic E-state index is 0.0904. The Morgan fingerprint density at radius 1 is 0.980 bits per heavy atom. The van der Waals surface area contributed by atoms with Crippen LogP contribution >= 0.6 is 0 Å². The molecular formula is C33H41F3N6O5S2. The van der Waals surface area contributed by atoms with Crippen LogP contribution in [0.4, 0.5) is 18.9 Å². The predicted molar refractivity (Wildman–Crippen MR) is 180 cm³/mol. The van der Waals surface area contributed by atoms with Crippen LogP contribution in [0.1, 0.15) is 53.9 Å². The summed E-state index contributed by atoms with van der Waals surface area (Å²) in [4.78, 5) is 17.4. The number of benzene rings is 2. The van der Waals surface area contributed by atoms with Crippen LogP contribution in [-0.2, 0) is 31.4 Å². The van der Waals surface area contributed by atoms with Crippen molar-refractivity contribution in [2.75, 3.05) is 44.3 Å². The highest BCUT2D eigenvalue weighted by atomic mass is 32.2. The van der Waals surface area contributed by atoms with Gasteiger partial charge in [-0.2, -0.15) is 17.0 Å². The van der Waals surface area contributed by atoms with Crippen molar-refractivity contribution < 1.29 is 34.8 Å². The van der Waals surface area contributed by atoms with Gasteiger partial charge in [0.1, 0.15) is 17.5 Å². The highest BCUT2D eigenvalue weighted by Gasteiger charge is 2.38. The molecule has 2 fully saturated rings. The number of nitrogens with zero attached hydrogens (tertiary/aromatic N) is 3. The van der Waals surface area contributed by atoms with Crippen LogP contribution in [0.2, 0.25) is 0 Å². The number of hydrogen-bond acceptors (Lipinski definition) is 7. The highest BCUT2D eigenvalue weighted by molar-refractivity contribution is 7.88. The molecule has 2 aliphatic heterocycles. The maximum Gasteiger partial charge on any atom is 0.282 e. The lowest BCUT2D eigenvalue weighted by Gasteiger charge is -2.40. The molecule has 0 radical (unpaired) electrons. The van der Waals surface area contributed by atoms with Crippen LogP contribution in [0.15, 0.2) is 54.9 Å². The fourth-order valence-corrected chi connectivity index (χ4v) is 9.25. The molecule has 11 nitrogen and oxygen atoms in total. The van der Waals surface area contributed by atoms with E-state index in [1.807, 2.05) is 0 Å². The summed E-state index contributed by atoms with van der Waals surface area (Å²) in [6, 6.07) is 9.21. The molecule has 0 saturated carbocycles. The summed E-state index contributed by atoms with van der Waals surface area (Å²) in [7, 11) is -7.31. The summed E-state index contributed by atoms with van der Waals surface area (Å²) in [6.07, 6.45) is 4.30. The molecule has 0 aliphatic carbocycles. The summed E-state index contributed by atoms with van der Waals surface area (Å²) in [6.45, 7) is 3.04. The van der Waals surface area contributed by atoms with Crippen molar-refractivity contribution in [3.8, 4) is 0 Å². The average molecular weight is 723 g/mol. The van der Waals surface area contributed by atoms with Crippen molar-refractivity contribution in [2.24, 2.45) is 0 Å². The van der Waals surface area contributed by atoms with Gasteiger partial charge in [0.2, 0.25) is 15.9 Å². The summed E-state index contributed by atoms with van der Waals surface area (Å²) in [5, 5.41) is 5.96. The first kappa shape index (κ1) is 36.9. The number of anilines is 1. The van der Waals surface area contributed by atoms with E-state index in [2.05, 4.69) is 20.3 Å². The van der Waals surface area contributed by atoms with Gasteiger partial charge in [-0.1, -0.05) is 18.2 Å². The molecule has 5 rings (SSSR count). The number of halogens is 3. The topological polar surface area (TPSA) is 141 Å². The number of pyridine rings is 1. The first-order chi connectivity index (χ1) is 23.2. The zero-order valence-corrected chi connectivity index (χ0v) is 29.0. The van der Waals surface area contributed by atoms with Gasteiger partial charge in [-0.3, -0.25) is 9.78 Å². The molecule has 49 heavy (non-hydrogen) atoms. The summed E-state index contributed by atoms with van der Waals surface area (Å²) in [5.41, 5.74) is 2.08. The second-order valence-electron chi connectivity index (χ2n) is 12.6. The molecule has 3 aromatic rings. The number of nitrogens with one attached hydrogen (secondary N) is 3. The lowest BCUT2D eigenvalue weighted by atomic mass is 9.87. The van der Waals surface area contributed by atoms with Crippen LogP contribution in [0.5, 0.6) is 0 Å². The second kappa shape index (κ2) is 15.6. The van der Waals surface area contributed by atoms with E-state index >= 15 is 4.39 Å². The number of hydrogen-bond donors (Lipinski definition) is 3. The third-order valence-electron chi connectivity index (χ3n) is 8.89. The lowest BCUT2D eigenvalue weighted by molar-refractivity contribution is -0.116. The van der Waals surface area contributed by atoms with E-state index in [1.54, 1.807) is 13.0 Å². The van der Waals surface area contributed by atoms with E-state index in [9.17, 15) is 30.4 Å².